The maximum atomic E-state index is 9.71. The lowest BCUT2D eigenvalue weighted by Crippen LogP contribution is -1.86. The van der Waals surface area contributed by atoms with Crippen molar-refractivity contribution in [1.82, 2.24) is 0 Å². The minimum atomic E-state index is -1.63. The SMILES string of the molecule is [2H]C([2H])C([2H])C(=O)O. The Kier molecular flexibility index (Phi) is 0.452. The maximum absolute atomic E-state index is 9.71. The Hall–Kier alpha value is -0.530. The molecule has 0 spiro atoms. The Bertz CT molecular complexity index is 92.5. The van der Waals surface area contributed by atoms with Gasteiger partial charge in [0.15, 0.2) is 0 Å². The number of carboxylic acids is 1. The van der Waals surface area contributed by atoms with E-state index >= 15 is 0 Å². The van der Waals surface area contributed by atoms with Crippen molar-refractivity contribution in [2.24, 2.45) is 0 Å². The van der Waals surface area contributed by atoms with Crippen LogP contribution in [-0.2, 0) is 4.79 Å². The van der Waals surface area contributed by atoms with Crippen LogP contribution in [0.3, 0.4) is 0 Å². The zero-order valence-corrected chi connectivity index (χ0v) is 2.51. The molecule has 5 heavy (non-hydrogen) atoms. The van der Waals surface area contributed by atoms with Gasteiger partial charge in [-0.05, 0) is 0 Å². The van der Waals surface area contributed by atoms with Crippen LogP contribution in [0.5, 0.6) is 0 Å². The minimum Gasteiger partial charge on any atom is -0.481 e. The van der Waals surface area contributed by atoms with E-state index in [4.69, 9.17) is 9.22 Å². The number of carbonyl (C=O) groups is 1. The Morgan fingerprint density at radius 3 is 3.20 bits per heavy atom. The zero-order chi connectivity index (χ0) is 6.73. The molecule has 0 saturated heterocycles. The first-order valence-electron chi connectivity index (χ1n) is 2.78. The molecule has 1 unspecified atom stereocenters. The summed E-state index contributed by atoms with van der Waals surface area (Å²) in [7, 11) is 0. The van der Waals surface area contributed by atoms with Crippen LogP contribution in [0.2, 0.25) is 0 Å². The lowest BCUT2D eigenvalue weighted by atomic mass is 10.5. The van der Waals surface area contributed by atoms with Crippen LogP contribution in [0.15, 0.2) is 0 Å². The van der Waals surface area contributed by atoms with Crippen LogP contribution < -0.4 is 0 Å². The van der Waals surface area contributed by atoms with Crippen LogP contribution in [0.1, 0.15) is 17.4 Å². The molecule has 1 atom stereocenters. The second-order valence-corrected chi connectivity index (χ2v) is 0.505. The van der Waals surface area contributed by atoms with E-state index in [1.165, 1.54) is 0 Å². The van der Waals surface area contributed by atoms with E-state index in [0.717, 1.165) is 0 Å². The van der Waals surface area contributed by atoms with Gasteiger partial charge in [0.1, 0.15) is 0 Å². The molecular weight excluding hydrogens is 68.0 g/mol. The lowest BCUT2D eigenvalue weighted by molar-refractivity contribution is -0.136. The van der Waals surface area contributed by atoms with Gasteiger partial charge in [-0.1, -0.05) is 6.88 Å². The largest absolute Gasteiger partial charge is 0.481 e. The molecule has 0 aliphatic rings. The summed E-state index contributed by atoms with van der Waals surface area (Å²) < 4.78 is 19.3. The Morgan fingerprint density at radius 1 is 2.60 bits per heavy atom. The molecule has 0 aromatic rings. The van der Waals surface area contributed by atoms with Gasteiger partial charge < -0.3 is 5.11 Å². The van der Waals surface area contributed by atoms with Gasteiger partial charge in [-0.15, -0.1) is 0 Å². The topological polar surface area (TPSA) is 37.3 Å². The molecule has 0 aromatic carbocycles. The summed E-state index contributed by atoms with van der Waals surface area (Å²) in [5.74, 6) is -1.42. The van der Waals surface area contributed by atoms with Crippen LogP contribution >= 0.6 is 0 Å². The Balaban J connectivity index is 3.64. The van der Waals surface area contributed by atoms with E-state index in [1.54, 1.807) is 0 Å². The third-order valence-electron chi connectivity index (χ3n) is 0.143. The molecule has 0 aliphatic carbocycles. The number of carboxylic acid groups (broad SMARTS) is 1. The summed E-state index contributed by atoms with van der Waals surface area (Å²) in [6.45, 7) is -1.59. The van der Waals surface area contributed by atoms with Gasteiger partial charge in [0.2, 0.25) is 0 Å². The van der Waals surface area contributed by atoms with Crippen LogP contribution in [0.25, 0.3) is 0 Å². The zero-order valence-electron chi connectivity index (χ0n) is 5.51. The Morgan fingerprint density at radius 2 is 3.20 bits per heavy atom. The van der Waals surface area contributed by atoms with Gasteiger partial charge in [-0.2, -0.15) is 0 Å². The highest BCUT2D eigenvalue weighted by molar-refractivity contribution is 5.66. The highest BCUT2D eigenvalue weighted by atomic mass is 16.4. The van der Waals surface area contributed by atoms with E-state index in [1.807, 2.05) is 0 Å². The average Bonchev–Trinajstić information content (AvgIpc) is 1.64. The second-order valence-electron chi connectivity index (χ2n) is 0.505. The predicted octanol–water partition coefficient (Wildman–Crippen LogP) is 0.481. The fourth-order valence-electron chi connectivity index (χ4n) is 0. The minimum absolute atomic E-state index is 1.42. The number of hydrogen-bond donors (Lipinski definition) is 1. The summed E-state index contributed by atoms with van der Waals surface area (Å²) >= 11 is 0. The summed E-state index contributed by atoms with van der Waals surface area (Å²) in [5, 5.41) is 7.92. The summed E-state index contributed by atoms with van der Waals surface area (Å²) in [6.07, 6.45) is -1.63. The number of hydrogen-bond acceptors (Lipinski definition) is 1. The van der Waals surface area contributed by atoms with Crippen molar-refractivity contribution in [3.8, 4) is 0 Å². The van der Waals surface area contributed by atoms with Crippen LogP contribution in [0.4, 0.5) is 0 Å². The molecule has 1 N–H and O–H groups in total. The fourth-order valence-corrected chi connectivity index (χ4v) is 0. The van der Waals surface area contributed by atoms with Gasteiger partial charge in [-0.25, -0.2) is 0 Å². The van der Waals surface area contributed by atoms with Crippen molar-refractivity contribution in [2.75, 3.05) is 0 Å². The lowest BCUT2D eigenvalue weighted by Gasteiger charge is -1.71. The van der Waals surface area contributed by atoms with Crippen molar-refractivity contribution in [3.05, 3.63) is 0 Å². The first-order chi connectivity index (χ1) is 3.55. The maximum Gasteiger partial charge on any atom is 0.303 e. The molecule has 2 nitrogen and oxygen atoms in total. The van der Waals surface area contributed by atoms with Crippen molar-refractivity contribution in [3.63, 3.8) is 0 Å². The number of rotatable bonds is 1. The molecule has 0 radical (unpaired) electrons. The normalized spacial score (nSPS) is 23.0. The van der Waals surface area contributed by atoms with Crippen LogP contribution in [0, 0.1) is 0 Å². The van der Waals surface area contributed by atoms with E-state index in [0.29, 0.717) is 0 Å². The smallest absolute Gasteiger partial charge is 0.303 e. The van der Waals surface area contributed by atoms with E-state index in [-0.39, 0.29) is 0 Å². The molecule has 30 valence electrons. The van der Waals surface area contributed by atoms with Crippen LogP contribution in [-0.4, -0.2) is 11.1 Å². The van der Waals surface area contributed by atoms with Crippen molar-refractivity contribution < 1.29 is 14.0 Å². The molecule has 0 rings (SSSR count). The second kappa shape index (κ2) is 1.76. The first-order valence-corrected chi connectivity index (χ1v) is 1.05. The molecule has 0 aliphatic heterocycles. The van der Waals surface area contributed by atoms with Gasteiger partial charge in [-0.3, -0.25) is 4.79 Å². The highest BCUT2D eigenvalue weighted by Gasteiger charge is 1.80. The summed E-state index contributed by atoms with van der Waals surface area (Å²) in [4.78, 5) is 9.71. The third-order valence-corrected chi connectivity index (χ3v) is 0.143. The van der Waals surface area contributed by atoms with Crippen molar-refractivity contribution >= 4 is 5.97 Å². The predicted molar refractivity (Wildman–Crippen MR) is 17.9 cm³/mol. The van der Waals surface area contributed by atoms with Gasteiger partial charge in [0.05, 0.1) is 0 Å². The fraction of sp³-hybridized carbons (Fsp3) is 0.667. The third kappa shape index (κ3) is 3.47. The molecular formula is C3H6O2. The summed E-state index contributed by atoms with van der Waals surface area (Å²) in [6, 6.07) is 0. The molecule has 0 aromatic heterocycles. The van der Waals surface area contributed by atoms with Gasteiger partial charge in [0.25, 0.3) is 0 Å². The quantitative estimate of drug-likeness (QED) is 0.494. The Labute approximate surface area is 34.6 Å². The van der Waals surface area contributed by atoms with E-state index in [9.17, 15) is 4.79 Å². The monoisotopic (exact) mass is 77.1 g/mol. The summed E-state index contributed by atoms with van der Waals surface area (Å²) in [5.41, 5.74) is 0. The highest BCUT2D eigenvalue weighted by Crippen LogP contribution is 1.67. The van der Waals surface area contributed by atoms with Crippen molar-refractivity contribution in [1.29, 1.82) is 0 Å². The van der Waals surface area contributed by atoms with Gasteiger partial charge >= 0.3 is 5.97 Å². The van der Waals surface area contributed by atoms with Crippen molar-refractivity contribution in [2.45, 2.75) is 13.3 Å². The van der Waals surface area contributed by atoms with E-state index < -0.39 is 19.2 Å². The molecule has 0 fully saturated rings. The first kappa shape index (κ1) is 1.29. The van der Waals surface area contributed by atoms with E-state index in [2.05, 4.69) is 0 Å². The standard InChI is InChI=1S/C3H6O2/c1-2-3(4)5/h2H2,1H3,(H,4,5)/i1D2,2D. The molecule has 0 amide bonds. The van der Waals surface area contributed by atoms with Gasteiger partial charge in [0, 0.05) is 10.5 Å². The molecule has 2 heteroatoms. The molecule has 0 saturated carbocycles. The number of aliphatic carboxylic acids is 1. The average molecular weight is 77.1 g/mol. The molecule has 0 heterocycles. The molecule has 0 bridgehead atoms.